The van der Waals surface area contributed by atoms with Crippen molar-refractivity contribution in [3.8, 4) is 0 Å². The molecule has 0 unspecified atom stereocenters. The van der Waals surface area contributed by atoms with E-state index in [4.69, 9.17) is 5.11 Å². The molecule has 0 fully saturated rings. The maximum Gasteiger partial charge on any atom is 0.335 e. The number of aromatic carboxylic acids is 1. The third kappa shape index (κ3) is 2.43. The van der Waals surface area contributed by atoms with Crippen molar-refractivity contribution in [3.05, 3.63) is 47.5 Å². The Morgan fingerprint density at radius 1 is 1.07 bits per heavy atom. The molecule has 0 atom stereocenters. The summed E-state index contributed by atoms with van der Waals surface area (Å²) >= 11 is 0. The first-order valence-electron chi connectivity index (χ1n) is 4.40. The van der Waals surface area contributed by atoms with Crippen molar-refractivity contribution in [1.82, 2.24) is 0 Å². The quantitative estimate of drug-likeness (QED) is 0.795. The second-order valence-electron chi connectivity index (χ2n) is 3.37. The van der Waals surface area contributed by atoms with Crippen LogP contribution in [0, 0.1) is 6.92 Å². The van der Waals surface area contributed by atoms with E-state index in [1.807, 2.05) is 31.2 Å². The average molecular weight is 256 g/mol. The van der Waals surface area contributed by atoms with E-state index in [1.54, 1.807) is 12.1 Å². The van der Waals surface area contributed by atoms with E-state index in [-0.39, 0.29) is 19.8 Å². The minimum absolute atomic E-state index is 0. The molecule has 0 aromatic heterocycles. The van der Waals surface area contributed by atoms with E-state index < -0.39 is 5.97 Å². The molecule has 2 nitrogen and oxygen atoms in total. The molecule has 15 heavy (non-hydrogen) atoms. The largest absolute Gasteiger partial charge is 0.478 e. The molecule has 3 radical (unpaired) electrons. The van der Waals surface area contributed by atoms with Crippen molar-refractivity contribution in [2.45, 2.75) is 6.92 Å². The van der Waals surface area contributed by atoms with Crippen molar-refractivity contribution in [2.75, 3.05) is 0 Å². The molecule has 2 aromatic carbocycles. The molecule has 3 heteroatoms. The summed E-state index contributed by atoms with van der Waals surface area (Å²) in [4.78, 5) is 10.7. The predicted octanol–water partition coefficient (Wildman–Crippen LogP) is 2.47. The Kier molecular flexibility index (Phi) is 3.60. The van der Waals surface area contributed by atoms with Crippen molar-refractivity contribution in [2.24, 2.45) is 0 Å². The molecule has 2 aromatic rings. The average Bonchev–Trinajstić information content (AvgIpc) is 2.16. The Balaban J connectivity index is 0.00000112. The molecule has 0 bridgehead atoms. The second-order valence-corrected chi connectivity index (χ2v) is 3.37. The third-order valence-corrected chi connectivity index (χ3v) is 2.24. The topological polar surface area (TPSA) is 37.3 Å². The van der Waals surface area contributed by atoms with Gasteiger partial charge in [0.15, 0.2) is 0 Å². The Bertz CT molecular complexity index is 506. The molecule has 0 spiro atoms. The Hall–Kier alpha value is -1.19. The standard InChI is InChI=1S/C12H10O2.Ga/c1-8-2-3-10-7-11(12(13)14)5-4-9(10)6-8;/h2-7H,1H3,(H,13,14);. The van der Waals surface area contributed by atoms with Crippen LogP contribution in [0.4, 0.5) is 0 Å². The number of aryl methyl sites for hydroxylation is 1. The molecule has 1 N–H and O–H groups in total. The van der Waals surface area contributed by atoms with Gasteiger partial charge in [-0.05, 0) is 29.8 Å². The van der Waals surface area contributed by atoms with Crippen molar-refractivity contribution < 1.29 is 9.90 Å². The van der Waals surface area contributed by atoms with Crippen molar-refractivity contribution in [1.29, 1.82) is 0 Å². The Labute approximate surface area is 101 Å². The summed E-state index contributed by atoms with van der Waals surface area (Å²) in [5.41, 5.74) is 1.52. The maximum absolute atomic E-state index is 10.7. The number of benzene rings is 2. The van der Waals surface area contributed by atoms with Gasteiger partial charge < -0.3 is 5.11 Å². The van der Waals surface area contributed by atoms with E-state index >= 15 is 0 Å². The van der Waals surface area contributed by atoms with E-state index in [1.165, 1.54) is 5.56 Å². The summed E-state index contributed by atoms with van der Waals surface area (Å²) in [5, 5.41) is 10.8. The first-order valence-corrected chi connectivity index (χ1v) is 4.40. The van der Waals surface area contributed by atoms with Gasteiger partial charge in [-0.2, -0.15) is 0 Å². The molecule has 2 rings (SSSR count). The molecule has 73 valence electrons. The summed E-state index contributed by atoms with van der Waals surface area (Å²) in [6.45, 7) is 2.02. The Morgan fingerprint density at radius 3 is 2.33 bits per heavy atom. The first-order chi connectivity index (χ1) is 6.66. The van der Waals surface area contributed by atoms with Crippen LogP contribution in [0.25, 0.3) is 10.8 Å². The van der Waals surface area contributed by atoms with Gasteiger partial charge >= 0.3 is 5.97 Å². The zero-order valence-electron chi connectivity index (χ0n) is 8.40. The fraction of sp³-hybridized carbons (Fsp3) is 0.0833. The van der Waals surface area contributed by atoms with Gasteiger partial charge in [0.25, 0.3) is 0 Å². The van der Waals surface area contributed by atoms with Gasteiger partial charge in [0.05, 0.1) is 5.56 Å². The molecule has 0 heterocycles. The SMILES string of the molecule is Cc1ccc2cc(C(=O)O)ccc2c1.[Ga]. The Morgan fingerprint density at radius 2 is 1.67 bits per heavy atom. The molecule has 0 amide bonds. The summed E-state index contributed by atoms with van der Waals surface area (Å²) in [6, 6.07) is 11.1. The fourth-order valence-corrected chi connectivity index (χ4v) is 1.50. The van der Waals surface area contributed by atoms with E-state index in [0.29, 0.717) is 5.56 Å². The van der Waals surface area contributed by atoms with E-state index in [2.05, 4.69) is 0 Å². The molecule has 0 aliphatic rings. The van der Waals surface area contributed by atoms with Crippen LogP contribution in [0.3, 0.4) is 0 Å². The summed E-state index contributed by atoms with van der Waals surface area (Å²) < 4.78 is 0. The number of hydrogen-bond donors (Lipinski definition) is 1. The minimum atomic E-state index is -0.882. The van der Waals surface area contributed by atoms with Gasteiger partial charge in [0, 0.05) is 19.8 Å². The zero-order valence-corrected chi connectivity index (χ0v) is 10.8. The van der Waals surface area contributed by atoms with Gasteiger partial charge in [-0.3, -0.25) is 0 Å². The number of carboxylic acids is 1. The smallest absolute Gasteiger partial charge is 0.335 e. The normalized spacial score (nSPS) is 9.67. The van der Waals surface area contributed by atoms with Gasteiger partial charge in [-0.1, -0.05) is 29.8 Å². The van der Waals surface area contributed by atoms with Crippen molar-refractivity contribution >= 4 is 36.5 Å². The van der Waals surface area contributed by atoms with Crippen LogP contribution in [0.2, 0.25) is 0 Å². The summed E-state index contributed by atoms with van der Waals surface area (Å²) in [7, 11) is 0. The van der Waals surface area contributed by atoms with Crippen LogP contribution in [0.15, 0.2) is 36.4 Å². The van der Waals surface area contributed by atoms with Gasteiger partial charge in [-0.25, -0.2) is 4.79 Å². The van der Waals surface area contributed by atoms with Gasteiger partial charge in [0.2, 0.25) is 0 Å². The summed E-state index contributed by atoms with van der Waals surface area (Å²) in [6.07, 6.45) is 0. The molecular weight excluding hydrogens is 246 g/mol. The molecule has 0 aliphatic heterocycles. The first kappa shape index (κ1) is 11.9. The minimum Gasteiger partial charge on any atom is -0.478 e. The number of rotatable bonds is 1. The molecule has 0 saturated carbocycles. The van der Waals surface area contributed by atoms with Crippen LogP contribution < -0.4 is 0 Å². The molecule has 0 aliphatic carbocycles. The fourth-order valence-electron chi connectivity index (χ4n) is 1.50. The van der Waals surface area contributed by atoms with Gasteiger partial charge in [-0.15, -0.1) is 0 Å². The third-order valence-electron chi connectivity index (χ3n) is 2.24. The van der Waals surface area contributed by atoms with Gasteiger partial charge in [0.1, 0.15) is 0 Å². The second kappa shape index (κ2) is 4.55. The van der Waals surface area contributed by atoms with Crippen molar-refractivity contribution in [3.63, 3.8) is 0 Å². The zero-order chi connectivity index (χ0) is 10.1. The monoisotopic (exact) mass is 255 g/mol. The van der Waals surface area contributed by atoms with Crippen LogP contribution in [-0.2, 0) is 0 Å². The van der Waals surface area contributed by atoms with Crippen LogP contribution in [-0.4, -0.2) is 30.9 Å². The van der Waals surface area contributed by atoms with Crippen LogP contribution >= 0.6 is 0 Å². The maximum atomic E-state index is 10.7. The number of fused-ring (bicyclic) bond motifs is 1. The van der Waals surface area contributed by atoms with Crippen LogP contribution in [0.1, 0.15) is 15.9 Å². The number of hydrogen-bond acceptors (Lipinski definition) is 1. The van der Waals surface area contributed by atoms with E-state index in [9.17, 15) is 4.79 Å². The number of carboxylic acid groups (broad SMARTS) is 1. The van der Waals surface area contributed by atoms with E-state index in [0.717, 1.165) is 10.8 Å². The molecular formula is C12H10GaO2. The van der Waals surface area contributed by atoms with Crippen LogP contribution in [0.5, 0.6) is 0 Å². The summed E-state index contributed by atoms with van der Waals surface area (Å²) in [5.74, 6) is -0.882. The number of carbonyl (C=O) groups is 1. The predicted molar refractivity (Wildman–Crippen MR) is 61.4 cm³/mol. The molecule has 0 saturated heterocycles.